The summed E-state index contributed by atoms with van der Waals surface area (Å²) in [5.74, 6) is -3.63. The van der Waals surface area contributed by atoms with Crippen molar-refractivity contribution >= 4 is 46.4 Å². The molecule has 0 unspecified atom stereocenters. The average Bonchev–Trinajstić information content (AvgIpc) is 3.30. The number of amides is 2. The SMILES string of the molecule is COc1cc([C@H]2C3=CC[C@@H]4C(=O)N(c5ccc(N6CCOCC6)cc5)C(=O)[C@@H]4[C@@H]3CC3=C2C(=O)C(C)=CC3=O)cc(Cl)c1O. The van der Waals surface area contributed by atoms with Gasteiger partial charge in [-0.1, -0.05) is 23.3 Å². The van der Waals surface area contributed by atoms with Crippen LogP contribution in [0.5, 0.6) is 11.5 Å². The highest BCUT2D eigenvalue weighted by molar-refractivity contribution is 6.32. The molecule has 2 amide bonds. The van der Waals surface area contributed by atoms with E-state index in [1.807, 2.05) is 18.2 Å². The van der Waals surface area contributed by atoms with Gasteiger partial charge in [0.05, 0.1) is 42.9 Å². The number of methoxy groups -OCH3 is 1. The summed E-state index contributed by atoms with van der Waals surface area (Å²) >= 11 is 6.40. The van der Waals surface area contributed by atoms with Crippen molar-refractivity contribution in [1.29, 1.82) is 0 Å². The van der Waals surface area contributed by atoms with E-state index >= 15 is 0 Å². The number of nitrogens with zero attached hydrogens (tertiary/aromatic N) is 2. The van der Waals surface area contributed by atoms with Gasteiger partial charge in [-0.25, -0.2) is 0 Å². The molecule has 0 bridgehead atoms. The van der Waals surface area contributed by atoms with Crippen LogP contribution in [0.1, 0.15) is 31.2 Å². The zero-order valence-electron chi connectivity index (χ0n) is 24.3. The fourth-order valence-electron chi connectivity index (χ4n) is 7.55. The predicted octanol–water partition coefficient (Wildman–Crippen LogP) is 4.52. The molecule has 2 saturated heterocycles. The standard InChI is InChI=1S/C34H31ClN2O7/c1-17-13-26(38)24-16-23-21(28(30(24)31(17)39)18-14-25(35)32(40)27(15-18)43-2)7-8-22-29(23)34(42)37(33(22)41)20-5-3-19(4-6-20)36-9-11-44-12-10-36/h3-7,13-15,22-23,28-29,40H,8-12,16H2,1-2H3/t22-,23+,28-,29-/m0/s1. The maximum Gasteiger partial charge on any atom is 0.238 e. The first kappa shape index (κ1) is 28.6. The number of anilines is 2. The van der Waals surface area contributed by atoms with Crippen LogP contribution in [0.15, 0.2) is 70.8 Å². The Kier molecular flexibility index (Phi) is 6.98. The number of phenolic OH excluding ortho intramolecular Hbond substituents is 1. The number of hydrogen-bond acceptors (Lipinski definition) is 8. The molecule has 226 valence electrons. The third kappa shape index (κ3) is 4.32. The Morgan fingerprint density at radius 1 is 0.977 bits per heavy atom. The molecule has 3 aliphatic carbocycles. The van der Waals surface area contributed by atoms with Crippen molar-refractivity contribution < 1.29 is 33.8 Å². The Bertz CT molecular complexity index is 1720. The van der Waals surface area contributed by atoms with E-state index in [9.17, 15) is 24.3 Å². The molecule has 4 atom stereocenters. The second kappa shape index (κ2) is 10.7. The number of carbonyl (C=O) groups excluding carboxylic acids is 4. The van der Waals surface area contributed by atoms with E-state index in [-0.39, 0.29) is 46.3 Å². The number of carbonyl (C=O) groups is 4. The minimum Gasteiger partial charge on any atom is -0.503 e. The molecule has 0 aromatic heterocycles. The van der Waals surface area contributed by atoms with E-state index in [1.54, 1.807) is 31.2 Å². The van der Waals surface area contributed by atoms with Crippen LogP contribution in [0.3, 0.4) is 0 Å². The van der Waals surface area contributed by atoms with Crippen LogP contribution in [0, 0.1) is 17.8 Å². The molecule has 9 nitrogen and oxygen atoms in total. The first-order valence-corrected chi connectivity index (χ1v) is 15.1. The lowest BCUT2D eigenvalue weighted by atomic mass is 9.59. The van der Waals surface area contributed by atoms with E-state index < -0.39 is 23.7 Å². The van der Waals surface area contributed by atoms with Crippen molar-refractivity contribution in [2.45, 2.75) is 25.7 Å². The summed E-state index contributed by atoms with van der Waals surface area (Å²) in [6.45, 7) is 4.46. The number of halogens is 1. The van der Waals surface area contributed by atoms with Gasteiger partial charge < -0.3 is 19.5 Å². The highest BCUT2D eigenvalue weighted by atomic mass is 35.5. The number of ketones is 2. The Labute approximate surface area is 259 Å². The van der Waals surface area contributed by atoms with Crippen molar-refractivity contribution in [2.75, 3.05) is 43.2 Å². The number of fused-ring (bicyclic) bond motifs is 3. The smallest absolute Gasteiger partial charge is 0.238 e. The Morgan fingerprint density at radius 3 is 2.39 bits per heavy atom. The molecule has 44 heavy (non-hydrogen) atoms. The van der Waals surface area contributed by atoms with Gasteiger partial charge in [0.2, 0.25) is 11.8 Å². The maximum atomic E-state index is 14.2. The number of allylic oxidation sites excluding steroid dienone is 6. The van der Waals surface area contributed by atoms with Crippen LogP contribution in [-0.4, -0.2) is 61.9 Å². The Hall–Kier alpha value is -4.21. The fourth-order valence-corrected chi connectivity index (χ4v) is 7.76. The third-order valence-electron chi connectivity index (χ3n) is 9.65. The van der Waals surface area contributed by atoms with Crippen LogP contribution >= 0.6 is 11.6 Å². The summed E-state index contributed by atoms with van der Waals surface area (Å²) < 4.78 is 10.8. The van der Waals surface area contributed by atoms with Gasteiger partial charge in [-0.05, 0) is 73.7 Å². The molecule has 0 spiro atoms. The maximum absolute atomic E-state index is 14.2. The Morgan fingerprint density at radius 2 is 1.68 bits per heavy atom. The van der Waals surface area contributed by atoms with Crippen LogP contribution in [0.4, 0.5) is 11.4 Å². The molecule has 2 aromatic rings. The zero-order valence-corrected chi connectivity index (χ0v) is 25.1. The lowest BCUT2D eigenvalue weighted by molar-refractivity contribution is -0.123. The number of aromatic hydroxyl groups is 1. The number of benzene rings is 2. The molecular formula is C34H31ClN2O7. The molecule has 2 aliphatic heterocycles. The highest BCUT2D eigenvalue weighted by Gasteiger charge is 2.56. The summed E-state index contributed by atoms with van der Waals surface area (Å²) in [5, 5.41) is 10.5. The van der Waals surface area contributed by atoms with Crippen molar-refractivity contribution in [3.63, 3.8) is 0 Å². The molecule has 2 fully saturated rings. The van der Waals surface area contributed by atoms with Gasteiger partial charge in [0, 0.05) is 41.4 Å². The molecule has 0 saturated carbocycles. The molecule has 7 rings (SSSR count). The molecule has 2 heterocycles. The molecule has 0 radical (unpaired) electrons. The monoisotopic (exact) mass is 614 g/mol. The van der Waals surface area contributed by atoms with E-state index in [0.29, 0.717) is 47.6 Å². The average molecular weight is 615 g/mol. The highest BCUT2D eigenvalue weighted by Crippen LogP contribution is 2.56. The van der Waals surface area contributed by atoms with Crippen molar-refractivity contribution in [3.05, 3.63) is 81.4 Å². The minimum atomic E-state index is -0.693. The fraction of sp³-hybridized carbons (Fsp3) is 0.353. The number of rotatable bonds is 4. The van der Waals surface area contributed by atoms with Crippen molar-refractivity contribution in [3.8, 4) is 11.5 Å². The van der Waals surface area contributed by atoms with Crippen molar-refractivity contribution in [1.82, 2.24) is 0 Å². The number of Topliss-reactive ketones (excluding diaryl/α,β-unsaturated/α-hetero) is 1. The van der Waals surface area contributed by atoms with Gasteiger partial charge in [-0.15, -0.1) is 0 Å². The first-order valence-electron chi connectivity index (χ1n) is 14.8. The summed E-state index contributed by atoms with van der Waals surface area (Å²) in [6.07, 6.45) is 3.80. The molecule has 10 heteroatoms. The normalized spacial score (nSPS) is 26.7. The lowest BCUT2D eigenvalue weighted by Gasteiger charge is -2.42. The number of ether oxygens (including phenoxy) is 2. The molecule has 2 aromatic carbocycles. The minimum absolute atomic E-state index is 0.0404. The third-order valence-corrected chi connectivity index (χ3v) is 9.94. The number of phenols is 1. The Balaban J connectivity index is 1.28. The van der Waals surface area contributed by atoms with Gasteiger partial charge in [0.25, 0.3) is 0 Å². The lowest BCUT2D eigenvalue weighted by Crippen LogP contribution is -2.39. The van der Waals surface area contributed by atoms with E-state index in [4.69, 9.17) is 21.1 Å². The molecule has 1 N–H and O–H groups in total. The largest absolute Gasteiger partial charge is 0.503 e. The van der Waals surface area contributed by atoms with E-state index in [1.165, 1.54) is 18.1 Å². The summed E-state index contributed by atoms with van der Waals surface area (Å²) in [4.78, 5) is 58.5. The molecular weight excluding hydrogens is 584 g/mol. The topological polar surface area (TPSA) is 113 Å². The van der Waals surface area contributed by atoms with Gasteiger partial charge in [0.15, 0.2) is 23.1 Å². The first-order chi connectivity index (χ1) is 21.2. The second-order valence-electron chi connectivity index (χ2n) is 11.9. The zero-order chi connectivity index (χ0) is 30.9. The van der Waals surface area contributed by atoms with Gasteiger partial charge in [-0.3, -0.25) is 24.1 Å². The van der Waals surface area contributed by atoms with Gasteiger partial charge in [0.1, 0.15) is 0 Å². The van der Waals surface area contributed by atoms with Gasteiger partial charge >= 0.3 is 0 Å². The van der Waals surface area contributed by atoms with Crippen LogP contribution in [0.25, 0.3) is 0 Å². The van der Waals surface area contributed by atoms with Crippen LogP contribution in [0.2, 0.25) is 5.02 Å². The quantitative estimate of drug-likeness (QED) is 0.304. The van der Waals surface area contributed by atoms with E-state index in [2.05, 4.69) is 4.90 Å². The summed E-state index contributed by atoms with van der Waals surface area (Å²) in [6, 6.07) is 10.6. The van der Waals surface area contributed by atoms with E-state index in [0.717, 1.165) is 24.4 Å². The van der Waals surface area contributed by atoms with Crippen LogP contribution < -0.4 is 14.5 Å². The number of hydrogen-bond donors (Lipinski definition) is 1. The predicted molar refractivity (Wildman–Crippen MR) is 163 cm³/mol. The summed E-state index contributed by atoms with van der Waals surface area (Å²) in [7, 11) is 1.40. The number of morpholine rings is 1. The summed E-state index contributed by atoms with van der Waals surface area (Å²) in [5.41, 5.74) is 3.92. The second-order valence-corrected chi connectivity index (χ2v) is 12.3. The van der Waals surface area contributed by atoms with Crippen molar-refractivity contribution in [2.24, 2.45) is 17.8 Å². The van der Waals surface area contributed by atoms with Gasteiger partial charge in [-0.2, -0.15) is 0 Å². The molecule has 5 aliphatic rings. The van der Waals surface area contributed by atoms with Crippen LogP contribution in [-0.2, 0) is 23.9 Å². The number of imide groups is 1.